The Morgan fingerprint density at radius 1 is 1.15 bits per heavy atom. The Bertz CT molecular complexity index is 240. The summed E-state index contributed by atoms with van der Waals surface area (Å²) in [4.78, 5) is 0. The molecule has 3 aliphatic carbocycles. The second kappa shape index (κ2) is 2.62. The lowest BCUT2D eigenvalue weighted by Gasteiger charge is -2.44. The van der Waals surface area contributed by atoms with Crippen molar-refractivity contribution in [3.8, 4) is 0 Å². The smallest absolute Gasteiger partial charge is 0.0200 e. The molecule has 1 spiro atoms. The molecule has 0 heterocycles. The molecule has 3 atom stereocenters. The van der Waals surface area contributed by atoms with Crippen molar-refractivity contribution in [2.45, 2.75) is 51.4 Å². The van der Waals surface area contributed by atoms with Gasteiger partial charge in [-0.1, -0.05) is 25.0 Å². The summed E-state index contributed by atoms with van der Waals surface area (Å²) in [6.07, 6.45) is 11.9. The normalized spacial score (nSPS) is 49.1. The van der Waals surface area contributed by atoms with Crippen molar-refractivity contribution in [1.29, 1.82) is 0 Å². The number of fused-ring (bicyclic) bond motifs is 1. The van der Waals surface area contributed by atoms with E-state index in [4.69, 9.17) is 0 Å². The second-order valence-corrected chi connectivity index (χ2v) is 5.62. The molecular weight excluding hydrogens is 156 g/mol. The van der Waals surface area contributed by atoms with Gasteiger partial charge in [-0.2, -0.15) is 0 Å². The van der Waals surface area contributed by atoms with Gasteiger partial charge in [0, 0.05) is 0 Å². The minimum atomic E-state index is 0.762. The first kappa shape index (κ1) is 8.08. The van der Waals surface area contributed by atoms with Crippen LogP contribution < -0.4 is 0 Å². The zero-order valence-corrected chi connectivity index (χ0v) is 8.52. The predicted molar refractivity (Wildman–Crippen MR) is 55.5 cm³/mol. The van der Waals surface area contributed by atoms with Gasteiger partial charge in [0.25, 0.3) is 0 Å². The summed E-state index contributed by atoms with van der Waals surface area (Å²) in [5.41, 5.74) is 2.36. The fraction of sp³-hybridized carbons (Fsp3) is 0.846. The molecule has 13 heavy (non-hydrogen) atoms. The fourth-order valence-electron chi connectivity index (χ4n) is 4.34. The summed E-state index contributed by atoms with van der Waals surface area (Å²) in [5, 5.41) is 0. The Hall–Kier alpha value is -0.260. The quantitative estimate of drug-likeness (QED) is 0.491. The molecule has 0 N–H and O–H groups in total. The average molecular weight is 176 g/mol. The van der Waals surface area contributed by atoms with Crippen LogP contribution in [0.1, 0.15) is 51.4 Å². The van der Waals surface area contributed by atoms with Crippen LogP contribution in [-0.4, -0.2) is 0 Å². The first-order valence-corrected chi connectivity index (χ1v) is 5.98. The molecule has 3 aliphatic rings. The minimum Gasteiger partial charge on any atom is -0.0996 e. The zero-order chi connectivity index (χ0) is 8.89. The Morgan fingerprint density at radius 2 is 2.08 bits per heavy atom. The molecule has 3 saturated carbocycles. The third-order valence-electron chi connectivity index (χ3n) is 5.02. The minimum absolute atomic E-state index is 0.762. The average Bonchev–Trinajstić information content (AvgIpc) is 2.38. The van der Waals surface area contributed by atoms with Gasteiger partial charge in [0.15, 0.2) is 0 Å². The summed E-state index contributed by atoms with van der Waals surface area (Å²) < 4.78 is 0. The maximum Gasteiger partial charge on any atom is -0.0200 e. The first-order valence-electron chi connectivity index (χ1n) is 5.98. The maximum atomic E-state index is 4.28. The summed E-state index contributed by atoms with van der Waals surface area (Å²) in [7, 11) is 0. The molecule has 72 valence electrons. The summed E-state index contributed by atoms with van der Waals surface area (Å²) >= 11 is 0. The molecule has 0 heteroatoms. The maximum absolute atomic E-state index is 4.28. The van der Waals surface area contributed by atoms with Crippen molar-refractivity contribution in [3.05, 3.63) is 12.2 Å². The van der Waals surface area contributed by atoms with E-state index < -0.39 is 0 Å². The van der Waals surface area contributed by atoms with Crippen LogP contribution in [0.5, 0.6) is 0 Å². The number of allylic oxidation sites excluding steroid dienone is 1. The second-order valence-electron chi connectivity index (χ2n) is 5.62. The molecule has 3 fully saturated rings. The van der Waals surface area contributed by atoms with E-state index in [2.05, 4.69) is 6.58 Å². The molecule has 0 aromatic rings. The van der Waals surface area contributed by atoms with E-state index in [1.807, 2.05) is 0 Å². The van der Waals surface area contributed by atoms with E-state index in [1.54, 1.807) is 5.57 Å². The van der Waals surface area contributed by atoms with Gasteiger partial charge < -0.3 is 0 Å². The lowest BCUT2D eigenvalue weighted by atomic mass is 9.61. The Labute approximate surface area is 81.4 Å². The van der Waals surface area contributed by atoms with E-state index in [0.29, 0.717) is 0 Å². The molecule has 0 aromatic carbocycles. The van der Waals surface area contributed by atoms with Crippen LogP contribution in [0.25, 0.3) is 0 Å². The van der Waals surface area contributed by atoms with Gasteiger partial charge in [0.1, 0.15) is 0 Å². The standard InChI is InChI=1S/C13H20/c1-10-8-13-7-3-2-4-12(13)6-5-11(10)9-13/h11-12H,1-9H2/t11-,12+,13-/m1/s1. The largest absolute Gasteiger partial charge is 0.0996 e. The third-order valence-corrected chi connectivity index (χ3v) is 5.02. The summed E-state index contributed by atoms with van der Waals surface area (Å²) in [6.45, 7) is 4.28. The lowest BCUT2D eigenvalue weighted by molar-refractivity contribution is 0.0617. The van der Waals surface area contributed by atoms with Gasteiger partial charge in [-0.05, 0) is 55.8 Å². The van der Waals surface area contributed by atoms with Crippen molar-refractivity contribution in [2.75, 3.05) is 0 Å². The van der Waals surface area contributed by atoms with Crippen LogP contribution in [0, 0.1) is 17.3 Å². The van der Waals surface area contributed by atoms with Gasteiger partial charge in [0.2, 0.25) is 0 Å². The number of hydrogen-bond donors (Lipinski definition) is 0. The van der Waals surface area contributed by atoms with Gasteiger partial charge in [-0.15, -0.1) is 0 Å². The molecule has 0 nitrogen and oxygen atoms in total. The first-order chi connectivity index (χ1) is 6.30. The van der Waals surface area contributed by atoms with Crippen molar-refractivity contribution in [1.82, 2.24) is 0 Å². The highest BCUT2D eigenvalue weighted by Crippen LogP contribution is 2.61. The summed E-state index contributed by atoms with van der Waals surface area (Å²) in [5.74, 6) is 2.01. The molecule has 3 rings (SSSR count). The van der Waals surface area contributed by atoms with Crippen molar-refractivity contribution in [3.63, 3.8) is 0 Å². The van der Waals surface area contributed by atoms with Crippen LogP contribution in [0.2, 0.25) is 0 Å². The van der Waals surface area contributed by atoms with Gasteiger partial charge in [-0.3, -0.25) is 0 Å². The van der Waals surface area contributed by atoms with Crippen LogP contribution in [0.3, 0.4) is 0 Å². The Morgan fingerprint density at radius 3 is 3.00 bits per heavy atom. The highest BCUT2D eigenvalue weighted by molar-refractivity contribution is 5.18. The van der Waals surface area contributed by atoms with E-state index in [0.717, 1.165) is 17.3 Å². The Kier molecular flexibility index (Phi) is 1.63. The van der Waals surface area contributed by atoms with Gasteiger partial charge in [0.05, 0.1) is 0 Å². The van der Waals surface area contributed by atoms with Crippen molar-refractivity contribution in [2.24, 2.45) is 17.3 Å². The van der Waals surface area contributed by atoms with Crippen LogP contribution in [0.15, 0.2) is 12.2 Å². The SMILES string of the molecule is C=C1C[C@@]23CCCC[C@H]2CC[C@@H]1C3. The highest BCUT2D eigenvalue weighted by atomic mass is 14.5. The van der Waals surface area contributed by atoms with E-state index in [9.17, 15) is 0 Å². The van der Waals surface area contributed by atoms with Crippen LogP contribution >= 0.6 is 0 Å². The van der Waals surface area contributed by atoms with Crippen LogP contribution in [0.4, 0.5) is 0 Å². The topological polar surface area (TPSA) is 0 Å². The van der Waals surface area contributed by atoms with Crippen LogP contribution in [-0.2, 0) is 0 Å². The molecule has 0 unspecified atom stereocenters. The molecule has 0 radical (unpaired) electrons. The highest BCUT2D eigenvalue weighted by Gasteiger charge is 2.50. The van der Waals surface area contributed by atoms with Gasteiger partial charge >= 0.3 is 0 Å². The molecule has 0 amide bonds. The number of rotatable bonds is 0. The van der Waals surface area contributed by atoms with Crippen molar-refractivity contribution >= 4 is 0 Å². The number of hydrogen-bond acceptors (Lipinski definition) is 0. The van der Waals surface area contributed by atoms with E-state index in [-0.39, 0.29) is 0 Å². The zero-order valence-electron chi connectivity index (χ0n) is 8.52. The van der Waals surface area contributed by atoms with E-state index >= 15 is 0 Å². The Balaban J connectivity index is 1.93. The fourth-order valence-corrected chi connectivity index (χ4v) is 4.34. The molecule has 0 saturated heterocycles. The lowest BCUT2D eigenvalue weighted by Crippen LogP contribution is -2.34. The predicted octanol–water partition coefficient (Wildman–Crippen LogP) is 3.92. The van der Waals surface area contributed by atoms with Crippen molar-refractivity contribution < 1.29 is 0 Å². The third kappa shape index (κ3) is 1.04. The summed E-state index contributed by atoms with van der Waals surface area (Å²) in [6, 6.07) is 0. The molecule has 2 bridgehead atoms. The van der Waals surface area contributed by atoms with Gasteiger partial charge in [-0.25, -0.2) is 0 Å². The molecule has 0 aromatic heterocycles. The monoisotopic (exact) mass is 176 g/mol. The van der Waals surface area contributed by atoms with E-state index in [1.165, 1.54) is 51.4 Å². The molecule has 0 aliphatic heterocycles. The molecular formula is C13H20.